The first kappa shape index (κ1) is 11.6. The molecule has 0 unspecified atom stereocenters. The summed E-state index contributed by atoms with van der Waals surface area (Å²) in [7, 11) is -1.97. The van der Waals surface area contributed by atoms with E-state index in [0.29, 0.717) is 0 Å². The van der Waals surface area contributed by atoms with Crippen LogP contribution in [0.5, 0.6) is 0 Å². The molecule has 0 aromatic heterocycles. The fourth-order valence-electron chi connectivity index (χ4n) is 0.0833. The van der Waals surface area contributed by atoms with Gasteiger partial charge in [-0.05, 0) is 0 Å². The molecule has 0 radical (unpaired) electrons. The average Bonchev–Trinajstić information content (AvgIpc) is 1.69. The van der Waals surface area contributed by atoms with E-state index in [0.717, 1.165) is 7.11 Å². The summed E-state index contributed by atoms with van der Waals surface area (Å²) < 4.78 is 31.1. The van der Waals surface area contributed by atoms with Crippen LogP contribution in [0.1, 0.15) is 0 Å². The zero-order chi connectivity index (χ0) is 7.91. The summed E-state index contributed by atoms with van der Waals surface area (Å²) in [6.07, 6.45) is 0. The highest BCUT2D eigenvalue weighted by Crippen LogP contribution is 1.81. The van der Waals surface area contributed by atoms with Crippen molar-refractivity contribution >= 4 is 10.4 Å². The number of hydrogen-bond acceptors (Lipinski definition) is 5. The molecule has 3 N–H and O–H groups in total. The molecule has 0 spiro atoms. The van der Waals surface area contributed by atoms with Crippen LogP contribution in [0.3, 0.4) is 0 Å². The molecule has 0 amide bonds. The summed E-state index contributed by atoms with van der Waals surface area (Å²) >= 11 is 0. The molecule has 7 heteroatoms. The van der Waals surface area contributed by atoms with E-state index in [2.05, 4.69) is 15.0 Å². The fourth-order valence-corrected chi connectivity index (χ4v) is 0.250. The Morgan fingerprint density at radius 2 is 1.78 bits per heavy atom. The molecular formula is C2H9NO5S. The minimum atomic E-state index is -4.65. The third-order valence-corrected chi connectivity index (χ3v) is 0.454. The SMILES string of the molecule is COOS(=O)(=O)[O-].C[NH3+]. The molecule has 0 fully saturated rings. The number of hydrogen-bond donors (Lipinski definition) is 1. The van der Waals surface area contributed by atoms with Gasteiger partial charge in [-0.15, -0.1) is 4.33 Å². The van der Waals surface area contributed by atoms with Crippen molar-refractivity contribution in [3.8, 4) is 0 Å². The fraction of sp³-hybridized carbons (Fsp3) is 1.00. The summed E-state index contributed by atoms with van der Waals surface area (Å²) in [6, 6.07) is 0. The van der Waals surface area contributed by atoms with Gasteiger partial charge in [0.25, 0.3) is 0 Å². The predicted molar refractivity (Wildman–Crippen MR) is 26.6 cm³/mol. The Bertz CT molecular complexity index is 128. The topological polar surface area (TPSA) is 103 Å². The molecule has 0 rings (SSSR count). The van der Waals surface area contributed by atoms with Crippen molar-refractivity contribution in [3.63, 3.8) is 0 Å². The first-order chi connectivity index (χ1) is 4.06. The van der Waals surface area contributed by atoms with Crippen molar-refractivity contribution in [2.45, 2.75) is 0 Å². The van der Waals surface area contributed by atoms with Gasteiger partial charge in [0, 0.05) is 0 Å². The van der Waals surface area contributed by atoms with Gasteiger partial charge in [-0.2, -0.15) is 0 Å². The lowest BCUT2D eigenvalue weighted by molar-refractivity contribution is -0.325. The van der Waals surface area contributed by atoms with Crippen LogP contribution in [0.4, 0.5) is 0 Å². The van der Waals surface area contributed by atoms with E-state index in [1.165, 1.54) is 0 Å². The summed E-state index contributed by atoms with van der Waals surface area (Å²) in [4.78, 5) is 3.51. The Hall–Kier alpha value is -0.210. The van der Waals surface area contributed by atoms with E-state index < -0.39 is 10.4 Å². The van der Waals surface area contributed by atoms with Crippen LogP contribution in [-0.2, 0) is 19.6 Å². The maximum Gasteiger partial charge on any atom is 0.245 e. The predicted octanol–water partition coefficient (Wildman–Crippen LogP) is -2.12. The molecule has 0 saturated carbocycles. The van der Waals surface area contributed by atoms with E-state index in [-0.39, 0.29) is 0 Å². The molecule has 0 atom stereocenters. The van der Waals surface area contributed by atoms with Gasteiger partial charge < -0.3 is 10.3 Å². The summed E-state index contributed by atoms with van der Waals surface area (Å²) in [6.45, 7) is 0. The molecular weight excluding hydrogens is 150 g/mol. The third kappa shape index (κ3) is 18.2. The van der Waals surface area contributed by atoms with Gasteiger partial charge in [0.15, 0.2) is 0 Å². The van der Waals surface area contributed by atoms with E-state index in [4.69, 9.17) is 0 Å². The van der Waals surface area contributed by atoms with Crippen LogP contribution >= 0.6 is 0 Å². The van der Waals surface area contributed by atoms with Crippen molar-refractivity contribution in [3.05, 3.63) is 0 Å². The van der Waals surface area contributed by atoms with E-state index in [1.807, 2.05) is 0 Å². The standard InChI is InChI=1S/CH5N.CH4O5S/c1-2;1-5-6-7(2,3)4/h2H2,1H3;1H3,(H,2,3,4). The molecule has 0 heterocycles. The largest absolute Gasteiger partial charge is 0.724 e. The van der Waals surface area contributed by atoms with Crippen LogP contribution < -0.4 is 5.73 Å². The molecule has 6 nitrogen and oxygen atoms in total. The first-order valence-corrected chi connectivity index (χ1v) is 3.28. The van der Waals surface area contributed by atoms with Crippen LogP contribution in [0.2, 0.25) is 0 Å². The Labute approximate surface area is 53.4 Å². The summed E-state index contributed by atoms with van der Waals surface area (Å²) in [5.41, 5.74) is 3.25. The van der Waals surface area contributed by atoms with Gasteiger partial charge in [0.1, 0.15) is 0 Å². The molecule has 0 aromatic rings. The summed E-state index contributed by atoms with van der Waals surface area (Å²) in [5, 5.41) is 0. The van der Waals surface area contributed by atoms with Crippen LogP contribution in [-0.4, -0.2) is 27.1 Å². The van der Waals surface area contributed by atoms with Crippen molar-refractivity contribution in [2.24, 2.45) is 0 Å². The maximum absolute atomic E-state index is 9.33. The Kier molecular flexibility index (Phi) is 7.61. The minimum absolute atomic E-state index is 0.926. The molecule has 0 aliphatic heterocycles. The van der Waals surface area contributed by atoms with Crippen molar-refractivity contribution in [1.29, 1.82) is 0 Å². The average molecular weight is 159 g/mol. The highest BCUT2D eigenvalue weighted by molar-refractivity contribution is 7.80. The Balaban J connectivity index is 0. The second-order valence-electron chi connectivity index (χ2n) is 0.643. The van der Waals surface area contributed by atoms with Gasteiger partial charge in [-0.3, -0.25) is 0 Å². The second kappa shape index (κ2) is 5.92. The number of rotatable bonds is 2. The minimum Gasteiger partial charge on any atom is -0.724 e. The van der Waals surface area contributed by atoms with Gasteiger partial charge in [0.05, 0.1) is 14.2 Å². The lowest BCUT2D eigenvalue weighted by Gasteiger charge is -2.00. The van der Waals surface area contributed by atoms with Crippen molar-refractivity contribution in [1.82, 2.24) is 0 Å². The molecule has 0 aromatic carbocycles. The zero-order valence-electron chi connectivity index (χ0n) is 5.16. The van der Waals surface area contributed by atoms with Crippen molar-refractivity contribution in [2.75, 3.05) is 14.2 Å². The van der Waals surface area contributed by atoms with E-state index in [1.54, 1.807) is 7.05 Å². The van der Waals surface area contributed by atoms with Crippen LogP contribution in [0.25, 0.3) is 0 Å². The lowest BCUT2D eigenvalue weighted by atomic mass is 11.6. The monoisotopic (exact) mass is 159 g/mol. The zero-order valence-corrected chi connectivity index (χ0v) is 5.97. The van der Waals surface area contributed by atoms with Gasteiger partial charge in [-0.1, -0.05) is 0 Å². The molecule has 0 bridgehead atoms. The van der Waals surface area contributed by atoms with Crippen LogP contribution in [0, 0.1) is 0 Å². The molecule has 9 heavy (non-hydrogen) atoms. The Morgan fingerprint density at radius 1 is 1.44 bits per heavy atom. The highest BCUT2D eigenvalue weighted by Gasteiger charge is 1.87. The normalized spacial score (nSPS) is 9.78. The molecule has 0 aliphatic carbocycles. The molecule has 0 saturated heterocycles. The highest BCUT2D eigenvalue weighted by atomic mass is 32.3. The third-order valence-electron chi connectivity index (χ3n) is 0.151. The van der Waals surface area contributed by atoms with E-state index >= 15 is 0 Å². The maximum atomic E-state index is 9.33. The van der Waals surface area contributed by atoms with E-state index in [9.17, 15) is 13.0 Å². The van der Waals surface area contributed by atoms with Gasteiger partial charge >= 0.3 is 0 Å². The van der Waals surface area contributed by atoms with Crippen LogP contribution in [0.15, 0.2) is 0 Å². The smallest absolute Gasteiger partial charge is 0.245 e. The quantitative estimate of drug-likeness (QED) is 0.215. The van der Waals surface area contributed by atoms with Gasteiger partial charge in [-0.25, -0.2) is 13.3 Å². The first-order valence-electron chi connectivity index (χ1n) is 1.95. The van der Waals surface area contributed by atoms with Gasteiger partial charge in [0.2, 0.25) is 10.4 Å². The molecule has 0 aliphatic rings. The van der Waals surface area contributed by atoms with Crippen molar-refractivity contribution < 1.29 is 27.9 Å². The second-order valence-corrected chi connectivity index (χ2v) is 1.60. The summed E-state index contributed by atoms with van der Waals surface area (Å²) in [5.74, 6) is 0. The number of quaternary nitrogens is 1. The lowest BCUT2D eigenvalue weighted by Crippen LogP contribution is -2.40. The molecule has 58 valence electrons. The Morgan fingerprint density at radius 3 is 1.78 bits per heavy atom.